The van der Waals surface area contributed by atoms with E-state index in [2.05, 4.69) is 10.1 Å². The van der Waals surface area contributed by atoms with Gasteiger partial charge in [-0.15, -0.1) is 0 Å². The van der Waals surface area contributed by atoms with Gasteiger partial charge in [-0.2, -0.15) is 0 Å². The third kappa shape index (κ3) is 6.61. The van der Waals surface area contributed by atoms with Gasteiger partial charge in [0.25, 0.3) is 0 Å². The third-order valence-electron chi connectivity index (χ3n) is 2.28. The Balaban J connectivity index is 4.53. The van der Waals surface area contributed by atoms with Crippen molar-refractivity contribution in [1.82, 2.24) is 10.6 Å². The maximum atomic E-state index is 11.5. The van der Waals surface area contributed by atoms with Crippen molar-refractivity contribution in [3.8, 4) is 0 Å². The Morgan fingerprint density at radius 1 is 1.16 bits per heavy atom. The topological polar surface area (TPSA) is 125 Å². The van der Waals surface area contributed by atoms with E-state index in [4.69, 9.17) is 10.2 Å². The first-order chi connectivity index (χ1) is 8.81. The van der Waals surface area contributed by atoms with Crippen LogP contribution in [-0.2, 0) is 14.3 Å². The van der Waals surface area contributed by atoms with Gasteiger partial charge >= 0.3 is 18.0 Å². The van der Waals surface area contributed by atoms with Crippen molar-refractivity contribution in [2.24, 2.45) is 5.92 Å². The highest BCUT2D eigenvalue weighted by molar-refractivity contribution is 5.86. The van der Waals surface area contributed by atoms with Crippen molar-refractivity contribution >= 4 is 18.0 Å². The molecular formula is C11H20N2O6. The lowest BCUT2D eigenvalue weighted by atomic mass is 10.0. The lowest BCUT2D eigenvalue weighted by Crippen LogP contribution is -2.52. The van der Waals surface area contributed by atoms with Gasteiger partial charge in [-0.1, -0.05) is 13.8 Å². The van der Waals surface area contributed by atoms with Gasteiger partial charge in [-0.05, 0) is 12.3 Å². The van der Waals surface area contributed by atoms with E-state index in [0.29, 0.717) is 6.42 Å². The number of carboxylic acids is 1. The number of rotatable bonds is 7. The number of carboxylic acid groups (broad SMARTS) is 1. The molecule has 2 unspecified atom stereocenters. The number of urea groups is 1. The molecule has 8 nitrogen and oxygen atoms in total. The number of aliphatic carboxylic acids is 1. The predicted molar refractivity (Wildman–Crippen MR) is 65.4 cm³/mol. The standard InChI is InChI=1S/C11H20N2O6/c1-6(2)4-7(10(17)19-3)12-11(18)13-8(5-14)9(15)16/h6-8,14H,4-5H2,1-3H3,(H,15,16)(H2,12,13,18). The molecule has 0 aliphatic carbocycles. The number of esters is 1. The fraction of sp³-hybridized carbons (Fsp3) is 0.727. The fourth-order valence-electron chi connectivity index (χ4n) is 1.37. The highest BCUT2D eigenvalue weighted by atomic mass is 16.5. The van der Waals surface area contributed by atoms with Crippen LogP contribution in [-0.4, -0.2) is 54.0 Å². The van der Waals surface area contributed by atoms with Gasteiger partial charge in [-0.25, -0.2) is 14.4 Å². The summed E-state index contributed by atoms with van der Waals surface area (Å²) < 4.78 is 4.55. The van der Waals surface area contributed by atoms with Crippen molar-refractivity contribution in [1.29, 1.82) is 0 Å². The summed E-state index contributed by atoms with van der Waals surface area (Å²) in [6.45, 7) is 2.99. The lowest BCUT2D eigenvalue weighted by Gasteiger charge is -2.20. The van der Waals surface area contributed by atoms with Crippen LogP contribution >= 0.6 is 0 Å². The third-order valence-corrected chi connectivity index (χ3v) is 2.28. The normalized spacial score (nSPS) is 13.5. The molecule has 8 heteroatoms. The number of carbonyl (C=O) groups is 3. The molecule has 2 atom stereocenters. The van der Waals surface area contributed by atoms with E-state index in [0.717, 1.165) is 0 Å². The van der Waals surface area contributed by atoms with Crippen LogP contribution in [0.2, 0.25) is 0 Å². The molecule has 0 radical (unpaired) electrons. The Morgan fingerprint density at radius 2 is 1.68 bits per heavy atom. The largest absolute Gasteiger partial charge is 0.480 e. The molecule has 4 N–H and O–H groups in total. The monoisotopic (exact) mass is 276 g/mol. The second kappa shape index (κ2) is 8.30. The minimum atomic E-state index is -1.42. The molecule has 0 aromatic carbocycles. The number of ether oxygens (including phenoxy) is 1. The van der Waals surface area contributed by atoms with Crippen LogP contribution in [0, 0.1) is 5.92 Å². The van der Waals surface area contributed by atoms with Gasteiger partial charge < -0.3 is 25.6 Å². The van der Waals surface area contributed by atoms with E-state index >= 15 is 0 Å². The van der Waals surface area contributed by atoms with Crippen molar-refractivity contribution in [3.05, 3.63) is 0 Å². The molecule has 110 valence electrons. The highest BCUT2D eigenvalue weighted by Crippen LogP contribution is 2.06. The van der Waals surface area contributed by atoms with Crippen LogP contribution in [0.15, 0.2) is 0 Å². The van der Waals surface area contributed by atoms with E-state index in [1.807, 2.05) is 19.2 Å². The minimum absolute atomic E-state index is 0.137. The molecule has 2 amide bonds. The van der Waals surface area contributed by atoms with Crippen molar-refractivity contribution in [2.45, 2.75) is 32.4 Å². The van der Waals surface area contributed by atoms with Gasteiger partial charge in [0.15, 0.2) is 6.04 Å². The number of carbonyl (C=O) groups excluding carboxylic acids is 2. The SMILES string of the molecule is COC(=O)C(CC(C)C)NC(=O)NC(CO)C(=O)O. The quantitative estimate of drug-likeness (QED) is 0.456. The van der Waals surface area contributed by atoms with E-state index in [1.165, 1.54) is 7.11 Å². The fourth-order valence-corrected chi connectivity index (χ4v) is 1.37. The molecule has 0 spiro atoms. The Labute approximate surface area is 111 Å². The van der Waals surface area contributed by atoms with E-state index < -0.39 is 36.7 Å². The number of aliphatic hydroxyl groups is 1. The van der Waals surface area contributed by atoms with Gasteiger partial charge in [0, 0.05) is 0 Å². The van der Waals surface area contributed by atoms with Crippen LogP contribution in [0.1, 0.15) is 20.3 Å². The average molecular weight is 276 g/mol. The summed E-state index contributed by atoms with van der Waals surface area (Å²) in [7, 11) is 1.20. The zero-order valence-electron chi connectivity index (χ0n) is 11.2. The number of hydrogen-bond acceptors (Lipinski definition) is 5. The molecule has 0 heterocycles. The zero-order valence-corrected chi connectivity index (χ0v) is 11.2. The molecule has 0 saturated carbocycles. The molecule has 0 bridgehead atoms. The molecular weight excluding hydrogens is 256 g/mol. The first kappa shape index (κ1) is 17.2. The summed E-state index contributed by atoms with van der Waals surface area (Å²) in [4.78, 5) is 33.6. The van der Waals surface area contributed by atoms with E-state index in [1.54, 1.807) is 0 Å². The van der Waals surface area contributed by atoms with Gasteiger partial charge in [-0.3, -0.25) is 0 Å². The summed E-state index contributed by atoms with van der Waals surface area (Å²) in [5, 5.41) is 21.8. The highest BCUT2D eigenvalue weighted by Gasteiger charge is 2.25. The lowest BCUT2D eigenvalue weighted by molar-refractivity contribution is -0.143. The van der Waals surface area contributed by atoms with Crippen molar-refractivity contribution < 1.29 is 29.3 Å². The molecule has 0 aromatic rings. The predicted octanol–water partition coefficient (Wildman–Crippen LogP) is -0.681. The summed E-state index contributed by atoms with van der Waals surface area (Å²) in [5.74, 6) is -1.84. The first-order valence-electron chi connectivity index (χ1n) is 5.80. The van der Waals surface area contributed by atoms with Crippen LogP contribution in [0.4, 0.5) is 4.79 Å². The van der Waals surface area contributed by atoms with E-state index in [-0.39, 0.29) is 5.92 Å². The molecule has 0 rings (SSSR count). The van der Waals surface area contributed by atoms with Gasteiger partial charge in [0.1, 0.15) is 6.04 Å². The molecule has 0 aliphatic rings. The summed E-state index contributed by atoms with van der Waals surface area (Å²) in [6.07, 6.45) is 0.358. The number of nitrogens with one attached hydrogen (secondary N) is 2. The second-order valence-electron chi connectivity index (χ2n) is 4.40. The average Bonchev–Trinajstić information content (AvgIpc) is 2.33. The molecule has 0 fully saturated rings. The Morgan fingerprint density at radius 3 is 2.05 bits per heavy atom. The van der Waals surface area contributed by atoms with Gasteiger partial charge in [0.2, 0.25) is 0 Å². The number of amides is 2. The molecule has 0 aromatic heterocycles. The van der Waals surface area contributed by atoms with E-state index in [9.17, 15) is 14.4 Å². The zero-order chi connectivity index (χ0) is 15.0. The van der Waals surface area contributed by atoms with Crippen molar-refractivity contribution in [2.75, 3.05) is 13.7 Å². The number of methoxy groups -OCH3 is 1. The number of hydrogen-bond donors (Lipinski definition) is 4. The van der Waals surface area contributed by atoms with Crippen molar-refractivity contribution in [3.63, 3.8) is 0 Å². The Hall–Kier alpha value is -1.83. The first-order valence-corrected chi connectivity index (χ1v) is 5.80. The van der Waals surface area contributed by atoms with Crippen LogP contribution in [0.5, 0.6) is 0 Å². The molecule has 0 aliphatic heterocycles. The summed E-state index contributed by atoms with van der Waals surface area (Å²) in [5.41, 5.74) is 0. The number of aliphatic hydroxyl groups excluding tert-OH is 1. The summed E-state index contributed by atoms with van der Waals surface area (Å²) >= 11 is 0. The maximum absolute atomic E-state index is 11.5. The smallest absolute Gasteiger partial charge is 0.328 e. The minimum Gasteiger partial charge on any atom is -0.480 e. The molecule has 19 heavy (non-hydrogen) atoms. The Bertz CT molecular complexity index is 331. The van der Waals surface area contributed by atoms with Gasteiger partial charge in [0.05, 0.1) is 13.7 Å². The maximum Gasteiger partial charge on any atom is 0.328 e. The second-order valence-corrected chi connectivity index (χ2v) is 4.40. The van der Waals surface area contributed by atoms with Crippen LogP contribution < -0.4 is 10.6 Å². The Kier molecular flexibility index (Phi) is 7.50. The molecule has 0 saturated heterocycles. The summed E-state index contributed by atoms with van der Waals surface area (Å²) in [6, 6.07) is -3.13. The van der Waals surface area contributed by atoms with Crippen LogP contribution in [0.25, 0.3) is 0 Å². The van der Waals surface area contributed by atoms with Crippen LogP contribution in [0.3, 0.4) is 0 Å².